The van der Waals surface area contributed by atoms with Crippen molar-refractivity contribution in [1.29, 1.82) is 0 Å². The van der Waals surface area contributed by atoms with Crippen molar-refractivity contribution in [1.82, 2.24) is 30.4 Å². The largest absolute Gasteiger partial charge is 0.444 e. The van der Waals surface area contributed by atoms with Gasteiger partial charge in [0, 0.05) is 62.9 Å². The van der Waals surface area contributed by atoms with Crippen molar-refractivity contribution in [2.45, 2.75) is 118 Å². The van der Waals surface area contributed by atoms with Gasteiger partial charge in [-0.05, 0) is 83.1 Å². The normalized spacial score (nSPS) is 12.2. The average Bonchev–Trinajstić information content (AvgIpc) is 3.58. The summed E-state index contributed by atoms with van der Waals surface area (Å²) in [4.78, 5) is 62.7. The highest BCUT2D eigenvalue weighted by atomic mass is 32.1. The molecule has 0 saturated carbocycles. The van der Waals surface area contributed by atoms with Crippen LogP contribution in [0.25, 0.3) is 11.4 Å². The lowest BCUT2D eigenvalue weighted by atomic mass is 10.2. The van der Waals surface area contributed by atoms with Crippen LogP contribution in [-0.4, -0.2) is 106 Å². The highest BCUT2D eigenvalue weighted by Crippen LogP contribution is 2.25. The van der Waals surface area contributed by atoms with Gasteiger partial charge in [0.25, 0.3) is 0 Å². The molecule has 0 aromatic carbocycles. The molecule has 2 heterocycles. The summed E-state index contributed by atoms with van der Waals surface area (Å²) in [7, 11) is 0. The lowest BCUT2D eigenvalue weighted by Crippen LogP contribution is -2.43. The predicted molar refractivity (Wildman–Crippen MR) is 195 cm³/mol. The van der Waals surface area contributed by atoms with Gasteiger partial charge in [0.1, 0.15) is 33.8 Å². The molecule has 4 amide bonds. The molecular formula is C34H56N6O8S2. The lowest BCUT2D eigenvalue weighted by Gasteiger charge is -2.27. The molecule has 16 heteroatoms. The number of carbonyl (C=O) groups is 4. The Bertz CT molecular complexity index is 1310. The van der Waals surface area contributed by atoms with Crippen LogP contribution in [0.3, 0.4) is 0 Å². The van der Waals surface area contributed by atoms with E-state index in [4.69, 9.17) is 28.9 Å². The van der Waals surface area contributed by atoms with E-state index in [-0.39, 0.29) is 26.2 Å². The molecule has 2 rings (SSSR count). The van der Waals surface area contributed by atoms with Gasteiger partial charge in [-0.3, -0.25) is 0 Å². The van der Waals surface area contributed by atoms with Crippen LogP contribution in [-0.2, 0) is 31.8 Å². The average molecular weight is 741 g/mol. The van der Waals surface area contributed by atoms with Gasteiger partial charge in [0.15, 0.2) is 0 Å². The van der Waals surface area contributed by atoms with E-state index in [0.717, 1.165) is 10.0 Å². The third kappa shape index (κ3) is 17.8. The molecule has 0 aliphatic heterocycles. The van der Waals surface area contributed by atoms with Gasteiger partial charge in [-0.2, -0.15) is 0 Å². The third-order valence-corrected chi connectivity index (χ3v) is 7.78. The Kier molecular flexibility index (Phi) is 15.3. The van der Waals surface area contributed by atoms with E-state index >= 15 is 0 Å². The summed E-state index contributed by atoms with van der Waals surface area (Å²) in [6, 6.07) is 0. The van der Waals surface area contributed by atoms with E-state index in [1.54, 1.807) is 92.9 Å². The zero-order valence-corrected chi connectivity index (χ0v) is 33.3. The van der Waals surface area contributed by atoms with Gasteiger partial charge < -0.3 is 39.4 Å². The fourth-order valence-corrected chi connectivity index (χ4v) is 5.57. The quantitative estimate of drug-likeness (QED) is 0.207. The van der Waals surface area contributed by atoms with Gasteiger partial charge in [-0.15, -0.1) is 22.7 Å². The highest BCUT2D eigenvalue weighted by Gasteiger charge is 2.25. The number of alkyl carbamates (subject to hydrolysis) is 2. The molecular weight excluding hydrogens is 685 g/mol. The van der Waals surface area contributed by atoms with E-state index in [1.165, 1.54) is 22.7 Å². The molecule has 0 unspecified atom stereocenters. The minimum atomic E-state index is -0.675. The molecule has 2 aromatic heterocycles. The standard InChI is InChI=1S/C34H56N6O8S2/c1-31(2,3)45-27(41)35-15-19-39(29(43)47-33(7,8)9)17-13-25-37-23(21-49-25)24-22-50-26(38-24)14-18-40(30(44)48-34(10,11)12)20-16-36-28(42)46-32(4,5)6/h21-22H,13-20H2,1-12H3,(H,35,41)(H,36,42). The zero-order valence-electron chi connectivity index (χ0n) is 31.7. The zero-order chi connectivity index (χ0) is 37.9. The maximum absolute atomic E-state index is 12.9. The Morgan fingerprint density at radius 2 is 0.880 bits per heavy atom. The molecule has 0 fully saturated rings. The number of nitrogens with one attached hydrogen (secondary N) is 2. The van der Waals surface area contributed by atoms with Crippen LogP contribution in [0.15, 0.2) is 10.8 Å². The molecule has 0 atom stereocenters. The number of ether oxygens (including phenoxy) is 4. The maximum atomic E-state index is 12.9. The first-order chi connectivity index (χ1) is 22.9. The van der Waals surface area contributed by atoms with Gasteiger partial charge in [0.05, 0.1) is 10.0 Å². The number of rotatable bonds is 13. The Balaban J connectivity index is 2.02. The van der Waals surface area contributed by atoms with Crippen molar-refractivity contribution in [3.8, 4) is 11.4 Å². The van der Waals surface area contributed by atoms with Gasteiger partial charge in [-0.1, -0.05) is 0 Å². The van der Waals surface area contributed by atoms with Crippen LogP contribution in [0, 0.1) is 0 Å². The summed E-state index contributed by atoms with van der Waals surface area (Å²) >= 11 is 2.94. The van der Waals surface area contributed by atoms with Crippen LogP contribution in [0.2, 0.25) is 0 Å². The minimum Gasteiger partial charge on any atom is -0.444 e. The monoisotopic (exact) mass is 740 g/mol. The summed E-state index contributed by atoms with van der Waals surface area (Å²) in [5, 5.41) is 10.9. The van der Waals surface area contributed by atoms with Crippen molar-refractivity contribution in [3.63, 3.8) is 0 Å². The Morgan fingerprint density at radius 3 is 1.18 bits per heavy atom. The molecule has 282 valence electrons. The third-order valence-electron chi connectivity index (χ3n) is 5.96. The molecule has 0 aliphatic rings. The van der Waals surface area contributed by atoms with Crippen molar-refractivity contribution in [2.75, 3.05) is 39.3 Å². The molecule has 14 nitrogen and oxygen atoms in total. The summed E-state index contributed by atoms with van der Waals surface area (Å²) in [6.45, 7) is 23.1. The van der Waals surface area contributed by atoms with Crippen molar-refractivity contribution < 1.29 is 38.1 Å². The smallest absolute Gasteiger partial charge is 0.410 e. The molecule has 2 aromatic rings. The lowest BCUT2D eigenvalue weighted by molar-refractivity contribution is 0.0236. The van der Waals surface area contributed by atoms with Crippen LogP contribution < -0.4 is 10.6 Å². The second-order valence-electron chi connectivity index (χ2n) is 15.5. The van der Waals surface area contributed by atoms with Crippen LogP contribution in [0.4, 0.5) is 19.2 Å². The van der Waals surface area contributed by atoms with Gasteiger partial charge in [0.2, 0.25) is 0 Å². The van der Waals surface area contributed by atoms with E-state index < -0.39 is 46.8 Å². The first-order valence-corrected chi connectivity index (χ1v) is 18.4. The highest BCUT2D eigenvalue weighted by molar-refractivity contribution is 7.10. The van der Waals surface area contributed by atoms with E-state index in [0.29, 0.717) is 37.3 Å². The second kappa shape index (κ2) is 18.0. The van der Waals surface area contributed by atoms with Crippen LogP contribution >= 0.6 is 22.7 Å². The second-order valence-corrected chi connectivity index (χ2v) is 17.4. The van der Waals surface area contributed by atoms with E-state index in [1.807, 2.05) is 10.8 Å². The van der Waals surface area contributed by atoms with Crippen LogP contribution in [0.1, 0.15) is 93.1 Å². The minimum absolute atomic E-state index is 0.199. The number of hydrogen-bond acceptors (Lipinski definition) is 12. The first kappa shape index (κ1) is 42.5. The molecule has 2 N–H and O–H groups in total. The topological polar surface area (TPSA) is 162 Å². The maximum Gasteiger partial charge on any atom is 0.410 e. The van der Waals surface area contributed by atoms with E-state index in [2.05, 4.69) is 10.6 Å². The van der Waals surface area contributed by atoms with E-state index in [9.17, 15) is 19.2 Å². The van der Waals surface area contributed by atoms with Crippen LogP contribution in [0.5, 0.6) is 0 Å². The summed E-state index contributed by atoms with van der Waals surface area (Å²) in [5.74, 6) is 0. The fraction of sp³-hybridized carbons (Fsp3) is 0.706. The van der Waals surface area contributed by atoms with Gasteiger partial charge >= 0.3 is 24.4 Å². The van der Waals surface area contributed by atoms with Crippen molar-refractivity contribution in [2.24, 2.45) is 0 Å². The Labute approximate surface area is 304 Å². The molecule has 0 saturated heterocycles. The molecule has 0 aliphatic carbocycles. The number of amides is 4. The first-order valence-electron chi connectivity index (χ1n) is 16.7. The Hall–Kier alpha value is -3.66. The predicted octanol–water partition coefficient (Wildman–Crippen LogP) is 6.88. The van der Waals surface area contributed by atoms with Gasteiger partial charge in [-0.25, -0.2) is 29.1 Å². The molecule has 0 bridgehead atoms. The van der Waals surface area contributed by atoms with Crippen molar-refractivity contribution >= 4 is 47.0 Å². The number of hydrogen-bond donors (Lipinski definition) is 2. The number of nitrogens with zero attached hydrogens (tertiary/aromatic N) is 4. The SMILES string of the molecule is CC(C)(C)OC(=O)NCCN(CCc1nc(-c2csc(CCN(CCNC(=O)OC(C)(C)C)C(=O)OC(C)(C)C)n2)cs1)C(=O)OC(C)(C)C. The number of thiazole rings is 2. The summed E-state index contributed by atoms with van der Waals surface area (Å²) in [5.41, 5.74) is -1.17. The summed E-state index contributed by atoms with van der Waals surface area (Å²) in [6.07, 6.45) is -1.11. The molecule has 0 radical (unpaired) electrons. The molecule has 0 spiro atoms. The Morgan fingerprint density at radius 1 is 0.560 bits per heavy atom. The summed E-state index contributed by atoms with van der Waals surface area (Å²) < 4.78 is 21.8. The number of aromatic nitrogens is 2. The number of carbonyl (C=O) groups excluding carboxylic acids is 4. The molecule has 50 heavy (non-hydrogen) atoms. The van der Waals surface area contributed by atoms with Crippen molar-refractivity contribution in [3.05, 3.63) is 20.8 Å². The fourth-order valence-electron chi connectivity index (χ4n) is 4.00.